The van der Waals surface area contributed by atoms with Crippen LogP contribution in [0.3, 0.4) is 0 Å². The first-order valence-corrected chi connectivity index (χ1v) is 7.55. The number of carbonyl (C=O) groups excluding carboxylic acids is 1. The number of benzene rings is 2. The van der Waals surface area contributed by atoms with Crippen LogP contribution in [0.15, 0.2) is 66.9 Å². The maximum atomic E-state index is 10.4. The largest absolute Gasteiger partial charge is 0.507 e. The Hall–Kier alpha value is -3.34. The third-order valence-corrected chi connectivity index (χ3v) is 3.35. The highest BCUT2D eigenvalue weighted by Gasteiger charge is 2.04. The van der Waals surface area contributed by atoms with Crippen LogP contribution < -0.4 is 0 Å². The van der Waals surface area contributed by atoms with Crippen molar-refractivity contribution in [1.29, 1.82) is 0 Å². The third-order valence-electron chi connectivity index (χ3n) is 3.35. The first-order valence-electron chi connectivity index (χ1n) is 7.55. The van der Waals surface area contributed by atoms with Gasteiger partial charge in [0.15, 0.2) is 6.29 Å². The van der Waals surface area contributed by atoms with Crippen LogP contribution in [-0.2, 0) is 12.8 Å². The summed E-state index contributed by atoms with van der Waals surface area (Å²) in [6, 6.07) is 10.3. The Bertz CT molecular complexity index is 766. The summed E-state index contributed by atoms with van der Waals surface area (Å²) in [5.74, 6) is 0.201. The van der Waals surface area contributed by atoms with Crippen LogP contribution in [0.1, 0.15) is 27.0 Å². The van der Waals surface area contributed by atoms with E-state index in [1.807, 2.05) is 0 Å². The van der Waals surface area contributed by atoms with E-state index in [9.17, 15) is 15.0 Å². The van der Waals surface area contributed by atoms with Crippen LogP contribution >= 0.6 is 0 Å². The minimum absolute atomic E-state index is 0.0624. The quantitative estimate of drug-likeness (QED) is 0.245. The number of hydrogen-bond acceptors (Lipinski definition) is 5. The van der Waals surface area contributed by atoms with Crippen molar-refractivity contribution in [1.82, 2.24) is 0 Å². The van der Waals surface area contributed by atoms with Crippen molar-refractivity contribution in [2.75, 3.05) is 0 Å². The van der Waals surface area contributed by atoms with E-state index in [0.717, 1.165) is 11.1 Å². The number of aromatic hydroxyl groups is 2. The molecule has 25 heavy (non-hydrogen) atoms. The van der Waals surface area contributed by atoms with E-state index in [1.165, 1.54) is 6.21 Å². The molecule has 2 rings (SSSR count). The van der Waals surface area contributed by atoms with Crippen molar-refractivity contribution in [3.63, 3.8) is 0 Å². The molecule has 130 valence electrons. The van der Waals surface area contributed by atoms with Crippen molar-refractivity contribution >= 4 is 12.5 Å². The lowest BCUT2D eigenvalue weighted by molar-refractivity contribution is 0.112. The number of aldehydes is 1. The predicted octanol–water partition coefficient (Wildman–Crippen LogP) is 3.86. The zero-order valence-corrected chi connectivity index (χ0v) is 13.8. The van der Waals surface area contributed by atoms with Crippen LogP contribution in [0, 0.1) is 0 Å². The summed E-state index contributed by atoms with van der Waals surface area (Å²) >= 11 is 0. The van der Waals surface area contributed by atoms with Gasteiger partial charge in [-0.1, -0.05) is 41.6 Å². The number of phenols is 2. The monoisotopic (exact) mass is 339 g/mol. The highest BCUT2D eigenvalue weighted by Crippen LogP contribution is 2.22. The molecule has 2 aromatic rings. The third kappa shape index (κ3) is 5.66. The fourth-order valence-electron chi connectivity index (χ4n) is 2.12. The number of para-hydroxylation sites is 2. The molecule has 5 heteroatoms. The van der Waals surface area contributed by atoms with Crippen molar-refractivity contribution in [2.45, 2.75) is 12.8 Å². The second kappa shape index (κ2) is 10.4. The molecule has 0 unspecified atom stereocenters. The molecule has 0 heterocycles. The summed E-state index contributed by atoms with van der Waals surface area (Å²) in [5.41, 5.74) is 2.33. The van der Waals surface area contributed by atoms with E-state index < -0.39 is 0 Å². The maximum absolute atomic E-state index is 10.4. The summed E-state index contributed by atoms with van der Waals surface area (Å²) in [4.78, 5) is 10.4. The van der Waals surface area contributed by atoms with E-state index in [2.05, 4.69) is 18.3 Å². The van der Waals surface area contributed by atoms with E-state index in [4.69, 9.17) is 5.21 Å². The van der Waals surface area contributed by atoms with Crippen molar-refractivity contribution < 1.29 is 20.2 Å². The topological polar surface area (TPSA) is 90.1 Å². The molecule has 0 spiro atoms. The SMILES string of the molecule is C=CCc1cccc(C=NO)c1O.C=CCc1cccc(C=O)c1O. The average molecular weight is 339 g/mol. The van der Waals surface area contributed by atoms with Gasteiger partial charge < -0.3 is 15.4 Å². The highest BCUT2D eigenvalue weighted by atomic mass is 16.4. The van der Waals surface area contributed by atoms with Gasteiger partial charge in [-0.2, -0.15) is 0 Å². The number of nitrogens with zero attached hydrogens (tertiary/aromatic N) is 1. The maximum Gasteiger partial charge on any atom is 0.153 e. The number of carbonyl (C=O) groups is 1. The smallest absolute Gasteiger partial charge is 0.153 e. The second-order valence-corrected chi connectivity index (χ2v) is 5.06. The Morgan fingerprint density at radius 2 is 1.36 bits per heavy atom. The number of hydrogen-bond donors (Lipinski definition) is 3. The van der Waals surface area contributed by atoms with Gasteiger partial charge in [-0.05, 0) is 36.1 Å². The molecular formula is C20H21NO4. The summed E-state index contributed by atoms with van der Waals surface area (Å²) in [6.45, 7) is 7.13. The lowest BCUT2D eigenvalue weighted by atomic mass is 10.1. The number of allylic oxidation sites excluding steroid dienone is 2. The summed E-state index contributed by atoms with van der Waals surface area (Å²) in [5, 5.41) is 30.2. The van der Waals surface area contributed by atoms with Crippen LogP contribution in [0.2, 0.25) is 0 Å². The van der Waals surface area contributed by atoms with Gasteiger partial charge in [0.2, 0.25) is 0 Å². The zero-order chi connectivity index (χ0) is 18.7. The zero-order valence-electron chi connectivity index (χ0n) is 13.8. The number of oxime groups is 1. The van der Waals surface area contributed by atoms with E-state index >= 15 is 0 Å². The molecule has 0 amide bonds. The molecule has 0 fully saturated rings. The Morgan fingerprint density at radius 3 is 1.80 bits per heavy atom. The fraction of sp³-hybridized carbons (Fsp3) is 0.100. The molecule has 0 aliphatic carbocycles. The van der Waals surface area contributed by atoms with Crippen LogP contribution in [0.25, 0.3) is 0 Å². The van der Waals surface area contributed by atoms with Gasteiger partial charge >= 0.3 is 0 Å². The molecule has 0 aliphatic rings. The van der Waals surface area contributed by atoms with Crippen molar-refractivity contribution in [2.24, 2.45) is 5.16 Å². The van der Waals surface area contributed by atoms with Crippen LogP contribution in [0.5, 0.6) is 11.5 Å². The van der Waals surface area contributed by atoms with Crippen molar-refractivity contribution in [3.8, 4) is 11.5 Å². The lowest BCUT2D eigenvalue weighted by Crippen LogP contribution is -1.88. The number of rotatable bonds is 6. The van der Waals surface area contributed by atoms with Crippen molar-refractivity contribution in [3.05, 3.63) is 84.0 Å². The number of phenolic OH excluding ortho intramolecular Hbond substituents is 2. The highest BCUT2D eigenvalue weighted by molar-refractivity contribution is 5.83. The van der Waals surface area contributed by atoms with E-state index in [-0.39, 0.29) is 11.5 Å². The molecule has 0 aliphatic heterocycles. The van der Waals surface area contributed by atoms with Gasteiger partial charge in [0.05, 0.1) is 11.8 Å². The first-order chi connectivity index (χ1) is 12.1. The second-order valence-electron chi connectivity index (χ2n) is 5.06. The standard InChI is InChI=1S/C10H11NO2.C10H10O2/c1-2-4-8-5-3-6-9(7-11-13)10(8)12;1-2-4-8-5-3-6-9(7-11)10(8)12/h2-3,5-7,12-13H,1,4H2;2-3,5-7,12H,1,4H2. The fourth-order valence-corrected chi connectivity index (χ4v) is 2.12. The van der Waals surface area contributed by atoms with Crippen LogP contribution in [-0.4, -0.2) is 27.9 Å². The minimum Gasteiger partial charge on any atom is -0.507 e. The Morgan fingerprint density at radius 1 is 0.880 bits per heavy atom. The summed E-state index contributed by atoms with van der Waals surface area (Å²) in [7, 11) is 0. The summed E-state index contributed by atoms with van der Waals surface area (Å²) in [6.07, 6.45) is 6.40. The van der Waals surface area contributed by atoms with E-state index in [1.54, 1.807) is 48.6 Å². The molecule has 0 aromatic heterocycles. The molecule has 0 atom stereocenters. The first kappa shape index (κ1) is 19.7. The molecule has 0 radical (unpaired) electrons. The van der Waals surface area contributed by atoms with Gasteiger partial charge in [0.25, 0.3) is 0 Å². The molecule has 0 saturated carbocycles. The van der Waals surface area contributed by atoms with Gasteiger partial charge in [0.1, 0.15) is 11.5 Å². The predicted molar refractivity (Wildman–Crippen MR) is 98.8 cm³/mol. The molecule has 0 saturated heterocycles. The Labute approximate surface area is 146 Å². The Balaban J connectivity index is 0.000000251. The molecule has 5 nitrogen and oxygen atoms in total. The molecule has 3 N–H and O–H groups in total. The van der Waals surface area contributed by atoms with E-state index in [0.29, 0.717) is 30.3 Å². The lowest BCUT2D eigenvalue weighted by Gasteiger charge is -2.03. The van der Waals surface area contributed by atoms with Crippen LogP contribution in [0.4, 0.5) is 0 Å². The average Bonchev–Trinajstić information content (AvgIpc) is 2.61. The molecular weight excluding hydrogens is 318 g/mol. The molecule has 0 bridgehead atoms. The van der Waals surface area contributed by atoms with Gasteiger partial charge in [-0.25, -0.2) is 0 Å². The minimum atomic E-state index is 0.0624. The van der Waals surface area contributed by atoms with Gasteiger partial charge in [0, 0.05) is 5.56 Å². The molecule has 2 aromatic carbocycles. The summed E-state index contributed by atoms with van der Waals surface area (Å²) < 4.78 is 0. The van der Waals surface area contributed by atoms with Gasteiger partial charge in [-0.3, -0.25) is 4.79 Å². The van der Waals surface area contributed by atoms with Gasteiger partial charge in [-0.15, -0.1) is 13.2 Å². The Kier molecular flexibility index (Phi) is 8.23. The normalized spacial score (nSPS) is 9.92.